The number of carbonyl (C=O) groups excluding carboxylic acids is 1. The van der Waals surface area contributed by atoms with Gasteiger partial charge in [0.1, 0.15) is 5.82 Å². The first kappa shape index (κ1) is 14.7. The van der Waals surface area contributed by atoms with E-state index in [1.54, 1.807) is 12.1 Å². The number of ketones is 1. The number of hydrogen-bond donors (Lipinski definition) is 0. The second-order valence-corrected chi connectivity index (χ2v) is 7.02. The average Bonchev–Trinajstić information content (AvgIpc) is 2.93. The summed E-state index contributed by atoms with van der Waals surface area (Å²) in [6.45, 7) is 1.63. The van der Waals surface area contributed by atoms with Crippen LogP contribution in [0.15, 0.2) is 47.4 Å². The number of sulfonamides is 1. The number of para-hydroxylation sites is 1. The first-order valence-electron chi connectivity index (χ1n) is 6.82. The Labute approximate surface area is 128 Å². The molecule has 0 aromatic heterocycles. The fourth-order valence-electron chi connectivity index (χ4n) is 2.60. The molecule has 0 aliphatic carbocycles. The molecule has 4 nitrogen and oxygen atoms in total. The van der Waals surface area contributed by atoms with Crippen LogP contribution in [0.5, 0.6) is 0 Å². The first-order valence-corrected chi connectivity index (χ1v) is 8.26. The van der Waals surface area contributed by atoms with Crippen molar-refractivity contribution in [3.63, 3.8) is 0 Å². The summed E-state index contributed by atoms with van der Waals surface area (Å²) in [5.74, 6) is -0.680. The average molecular weight is 319 g/mol. The fourth-order valence-corrected chi connectivity index (χ4v) is 4.12. The van der Waals surface area contributed by atoms with Gasteiger partial charge < -0.3 is 0 Å². The Hall–Kier alpha value is -2.21. The summed E-state index contributed by atoms with van der Waals surface area (Å²) in [6, 6.07) is 10.3. The highest BCUT2D eigenvalue weighted by atomic mass is 32.2. The lowest BCUT2D eigenvalue weighted by Crippen LogP contribution is -2.29. The van der Waals surface area contributed by atoms with Gasteiger partial charge in [0, 0.05) is 12.1 Å². The van der Waals surface area contributed by atoms with Crippen LogP contribution in [0.4, 0.5) is 10.1 Å². The second-order valence-electron chi connectivity index (χ2n) is 5.16. The van der Waals surface area contributed by atoms with Gasteiger partial charge in [-0.2, -0.15) is 0 Å². The van der Waals surface area contributed by atoms with Crippen LogP contribution in [0.25, 0.3) is 0 Å². The van der Waals surface area contributed by atoms with E-state index < -0.39 is 15.8 Å². The van der Waals surface area contributed by atoms with Crippen LogP contribution in [0.2, 0.25) is 0 Å². The number of hydrogen-bond acceptors (Lipinski definition) is 3. The molecular formula is C16H14FNO3S. The summed E-state index contributed by atoms with van der Waals surface area (Å²) in [6.07, 6.45) is 0.484. The molecule has 0 spiro atoms. The van der Waals surface area contributed by atoms with Crippen LogP contribution in [0.1, 0.15) is 22.8 Å². The first-order chi connectivity index (χ1) is 10.4. The fraction of sp³-hybridized carbons (Fsp3) is 0.188. The summed E-state index contributed by atoms with van der Waals surface area (Å²) in [5, 5.41) is 0. The van der Waals surface area contributed by atoms with Crippen molar-refractivity contribution in [3.8, 4) is 0 Å². The van der Waals surface area contributed by atoms with E-state index in [0.717, 1.165) is 4.31 Å². The quantitative estimate of drug-likeness (QED) is 0.818. The van der Waals surface area contributed by atoms with Gasteiger partial charge in [-0.3, -0.25) is 9.10 Å². The molecule has 3 rings (SSSR count). The molecule has 0 unspecified atom stereocenters. The Morgan fingerprint density at radius 1 is 1.14 bits per heavy atom. The van der Waals surface area contributed by atoms with E-state index >= 15 is 0 Å². The van der Waals surface area contributed by atoms with Crippen LogP contribution in [-0.2, 0) is 16.4 Å². The molecule has 2 aromatic carbocycles. The van der Waals surface area contributed by atoms with Gasteiger partial charge >= 0.3 is 0 Å². The molecule has 6 heteroatoms. The van der Waals surface area contributed by atoms with Crippen LogP contribution in [0.3, 0.4) is 0 Å². The monoisotopic (exact) mass is 319 g/mol. The van der Waals surface area contributed by atoms with Crippen LogP contribution < -0.4 is 4.31 Å². The third-order valence-electron chi connectivity index (χ3n) is 3.75. The molecule has 1 heterocycles. The molecule has 0 radical (unpaired) electrons. The van der Waals surface area contributed by atoms with Crippen molar-refractivity contribution in [1.82, 2.24) is 0 Å². The summed E-state index contributed by atoms with van der Waals surface area (Å²) in [5.41, 5.74) is 1.24. The lowest BCUT2D eigenvalue weighted by atomic mass is 10.2. The molecule has 22 heavy (non-hydrogen) atoms. The zero-order chi connectivity index (χ0) is 15.9. The molecule has 0 bridgehead atoms. The minimum atomic E-state index is -3.84. The molecule has 0 amide bonds. The zero-order valence-corrected chi connectivity index (χ0v) is 12.7. The molecular weight excluding hydrogens is 305 g/mol. The minimum absolute atomic E-state index is 0.0496. The number of Topliss-reactive ketones (excluding diaryl/α,β-unsaturated/α-hetero) is 1. The lowest BCUT2D eigenvalue weighted by molar-refractivity contribution is 0.101. The van der Waals surface area contributed by atoms with Gasteiger partial charge in [-0.05, 0) is 37.1 Å². The van der Waals surface area contributed by atoms with Crippen LogP contribution in [0, 0.1) is 5.82 Å². The molecule has 0 saturated carbocycles. The van der Waals surface area contributed by atoms with Gasteiger partial charge in [-0.15, -0.1) is 0 Å². The van der Waals surface area contributed by atoms with Gasteiger partial charge in [0.2, 0.25) is 0 Å². The lowest BCUT2D eigenvalue weighted by Gasteiger charge is -2.20. The molecule has 0 fully saturated rings. The van der Waals surface area contributed by atoms with E-state index in [2.05, 4.69) is 0 Å². The van der Waals surface area contributed by atoms with Gasteiger partial charge in [0.25, 0.3) is 10.0 Å². The highest BCUT2D eigenvalue weighted by Gasteiger charge is 2.33. The largest absolute Gasteiger partial charge is 0.295 e. The SMILES string of the molecule is CC(=O)c1ccc(S(=O)(=O)N2CCc3cccc(F)c32)cc1. The van der Waals surface area contributed by atoms with E-state index in [1.165, 1.54) is 37.3 Å². The number of carbonyl (C=O) groups is 1. The van der Waals surface area contributed by atoms with E-state index in [0.29, 0.717) is 17.5 Å². The second kappa shape index (κ2) is 5.21. The van der Waals surface area contributed by atoms with Crippen molar-refractivity contribution in [2.75, 3.05) is 10.8 Å². The highest BCUT2D eigenvalue weighted by Crippen LogP contribution is 2.35. The van der Waals surface area contributed by atoms with Crippen molar-refractivity contribution >= 4 is 21.5 Å². The smallest absolute Gasteiger partial charge is 0.264 e. The number of nitrogens with zero attached hydrogens (tertiary/aromatic N) is 1. The summed E-state index contributed by atoms with van der Waals surface area (Å²) >= 11 is 0. The number of benzene rings is 2. The predicted molar refractivity (Wildman–Crippen MR) is 81.1 cm³/mol. The van der Waals surface area contributed by atoms with Crippen molar-refractivity contribution in [1.29, 1.82) is 0 Å². The molecule has 1 aliphatic heterocycles. The molecule has 1 aliphatic rings. The molecule has 2 aromatic rings. The van der Waals surface area contributed by atoms with E-state index in [4.69, 9.17) is 0 Å². The van der Waals surface area contributed by atoms with Crippen molar-refractivity contribution in [3.05, 3.63) is 59.4 Å². The summed E-state index contributed by atoms with van der Waals surface area (Å²) in [4.78, 5) is 11.3. The van der Waals surface area contributed by atoms with E-state index in [-0.39, 0.29) is 22.9 Å². The molecule has 114 valence electrons. The Morgan fingerprint density at radius 3 is 2.45 bits per heavy atom. The standard InChI is InChI=1S/C16H14FNO3S/c1-11(19)12-5-7-14(8-6-12)22(20,21)18-10-9-13-3-2-4-15(17)16(13)18/h2-8H,9-10H2,1H3. The minimum Gasteiger partial charge on any atom is -0.295 e. The van der Waals surface area contributed by atoms with E-state index in [1.807, 2.05) is 0 Å². The highest BCUT2D eigenvalue weighted by molar-refractivity contribution is 7.92. The molecule has 0 N–H and O–H groups in total. The molecule has 0 atom stereocenters. The van der Waals surface area contributed by atoms with Crippen molar-refractivity contribution in [2.45, 2.75) is 18.2 Å². The normalized spacial score (nSPS) is 14.0. The third kappa shape index (κ3) is 2.29. The topological polar surface area (TPSA) is 54.5 Å². The Morgan fingerprint density at radius 2 is 1.82 bits per heavy atom. The van der Waals surface area contributed by atoms with Crippen molar-refractivity contribution in [2.24, 2.45) is 0 Å². The maximum Gasteiger partial charge on any atom is 0.264 e. The Balaban J connectivity index is 2.04. The van der Waals surface area contributed by atoms with Gasteiger partial charge in [0.15, 0.2) is 5.78 Å². The zero-order valence-electron chi connectivity index (χ0n) is 11.9. The number of halogens is 1. The molecule has 0 saturated heterocycles. The van der Waals surface area contributed by atoms with Gasteiger partial charge in [0.05, 0.1) is 10.6 Å². The van der Waals surface area contributed by atoms with Gasteiger partial charge in [-0.25, -0.2) is 12.8 Å². The number of fused-ring (bicyclic) bond motifs is 1. The van der Waals surface area contributed by atoms with Crippen molar-refractivity contribution < 1.29 is 17.6 Å². The van der Waals surface area contributed by atoms with Crippen LogP contribution >= 0.6 is 0 Å². The van der Waals surface area contributed by atoms with E-state index in [9.17, 15) is 17.6 Å². The maximum atomic E-state index is 14.0. The number of anilines is 1. The summed E-state index contributed by atoms with van der Waals surface area (Å²) in [7, 11) is -3.84. The van der Waals surface area contributed by atoms with Crippen LogP contribution in [-0.4, -0.2) is 20.7 Å². The predicted octanol–water partition coefficient (Wildman–Crippen LogP) is 2.78. The number of rotatable bonds is 3. The summed E-state index contributed by atoms with van der Waals surface area (Å²) < 4.78 is 40.5. The van der Waals surface area contributed by atoms with Gasteiger partial charge in [-0.1, -0.05) is 24.3 Å². The maximum absolute atomic E-state index is 14.0. The third-order valence-corrected chi connectivity index (χ3v) is 5.57. The Kier molecular flexibility index (Phi) is 3.48. The Bertz CT molecular complexity index is 844.